The summed E-state index contributed by atoms with van der Waals surface area (Å²) in [5, 5.41) is 0. The monoisotopic (exact) mass is 427 g/mol. The first-order valence-corrected chi connectivity index (χ1v) is 11.9. The Labute approximate surface area is 177 Å². The Hall–Kier alpha value is -2.51. The van der Waals surface area contributed by atoms with Crippen molar-refractivity contribution in [3.05, 3.63) is 77.6 Å². The van der Waals surface area contributed by atoms with Gasteiger partial charge in [0.05, 0.1) is 11.4 Å². The minimum atomic E-state index is -3.32. The van der Waals surface area contributed by atoms with E-state index in [9.17, 15) is 12.8 Å². The van der Waals surface area contributed by atoms with E-state index in [0.29, 0.717) is 6.42 Å². The summed E-state index contributed by atoms with van der Waals surface area (Å²) in [5.41, 5.74) is 3.76. The summed E-state index contributed by atoms with van der Waals surface area (Å²) >= 11 is 0. The standard InChI is InChI=1S/C23H26FN3O2S/c1-3-30(28,29)26-22-10-11-27-15-16(2)25-23(27)21(22)13-17-6-4-7-18(12-17)19-8-5-9-20(24)14-19/h4-9,12,14-15,21-22,26H,3,10-11,13H2,1-2H3/t21-,22-/m0/s1. The van der Waals surface area contributed by atoms with Crippen LogP contribution in [0, 0.1) is 12.7 Å². The Morgan fingerprint density at radius 2 is 1.90 bits per heavy atom. The van der Waals surface area contributed by atoms with E-state index in [1.807, 2.05) is 37.4 Å². The summed E-state index contributed by atoms with van der Waals surface area (Å²) in [5.74, 6) is 0.630. The molecule has 7 heteroatoms. The average Bonchev–Trinajstić information content (AvgIpc) is 3.10. The van der Waals surface area contributed by atoms with E-state index in [1.54, 1.807) is 13.0 Å². The summed E-state index contributed by atoms with van der Waals surface area (Å²) in [6, 6.07) is 14.3. The number of fused-ring (bicyclic) bond motifs is 1. The van der Waals surface area contributed by atoms with E-state index in [1.165, 1.54) is 12.1 Å². The van der Waals surface area contributed by atoms with E-state index < -0.39 is 10.0 Å². The number of nitrogens with one attached hydrogen (secondary N) is 1. The Kier molecular flexibility index (Phi) is 5.75. The lowest BCUT2D eigenvalue weighted by Crippen LogP contribution is -2.44. The van der Waals surface area contributed by atoms with E-state index in [2.05, 4.69) is 15.4 Å². The van der Waals surface area contributed by atoms with E-state index in [-0.39, 0.29) is 23.5 Å². The molecule has 0 radical (unpaired) electrons. The number of rotatable bonds is 6. The maximum absolute atomic E-state index is 13.7. The van der Waals surface area contributed by atoms with Gasteiger partial charge in [-0.25, -0.2) is 22.5 Å². The van der Waals surface area contributed by atoms with Crippen molar-refractivity contribution >= 4 is 10.0 Å². The molecule has 1 aliphatic heterocycles. The van der Waals surface area contributed by atoms with Crippen LogP contribution in [0.4, 0.5) is 4.39 Å². The number of benzene rings is 2. The summed E-state index contributed by atoms with van der Waals surface area (Å²) in [7, 11) is -3.32. The van der Waals surface area contributed by atoms with Crippen LogP contribution in [0.25, 0.3) is 11.1 Å². The molecule has 4 rings (SSSR count). The second-order valence-electron chi connectivity index (χ2n) is 7.87. The molecule has 30 heavy (non-hydrogen) atoms. The van der Waals surface area contributed by atoms with E-state index in [0.717, 1.165) is 41.2 Å². The lowest BCUT2D eigenvalue weighted by Gasteiger charge is -2.32. The molecule has 2 atom stereocenters. The Morgan fingerprint density at radius 1 is 1.17 bits per heavy atom. The molecule has 1 aromatic heterocycles. The minimum Gasteiger partial charge on any atom is -0.334 e. The van der Waals surface area contributed by atoms with Crippen LogP contribution in [0.15, 0.2) is 54.7 Å². The molecule has 0 spiro atoms. The van der Waals surface area contributed by atoms with Crippen LogP contribution < -0.4 is 4.72 Å². The summed E-state index contributed by atoms with van der Waals surface area (Å²) in [6.45, 7) is 4.35. The fourth-order valence-corrected chi connectivity index (χ4v) is 5.10. The molecule has 0 saturated heterocycles. The molecule has 5 nitrogen and oxygen atoms in total. The summed E-state index contributed by atoms with van der Waals surface area (Å²) in [4.78, 5) is 4.71. The van der Waals surface area contributed by atoms with Crippen LogP contribution in [0.2, 0.25) is 0 Å². The van der Waals surface area contributed by atoms with Gasteiger partial charge in [-0.3, -0.25) is 0 Å². The van der Waals surface area contributed by atoms with Gasteiger partial charge in [0, 0.05) is 24.7 Å². The van der Waals surface area contributed by atoms with Crippen molar-refractivity contribution in [2.24, 2.45) is 0 Å². The van der Waals surface area contributed by atoms with Gasteiger partial charge in [0.1, 0.15) is 11.6 Å². The Balaban J connectivity index is 1.67. The maximum atomic E-state index is 13.7. The van der Waals surface area contributed by atoms with Crippen molar-refractivity contribution in [1.29, 1.82) is 0 Å². The minimum absolute atomic E-state index is 0.0543. The Morgan fingerprint density at radius 3 is 2.63 bits per heavy atom. The number of sulfonamides is 1. The van der Waals surface area contributed by atoms with Crippen molar-refractivity contribution in [2.45, 2.75) is 45.2 Å². The van der Waals surface area contributed by atoms with Gasteiger partial charge in [0.2, 0.25) is 10.0 Å². The number of imidazole rings is 1. The van der Waals surface area contributed by atoms with Gasteiger partial charge in [0.15, 0.2) is 0 Å². The van der Waals surface area contributed by atoms with E-state index in [4.69, 9.17) is 4.98 Å². The number of aryl methyl sites for hydroxylation is 2. The molecular formula is C23H26FN3O2S. The van der Waals surface area contributed by atoms with Crippen molar-refractivity contribution in [3.63, 3.8) is 0 Å². The highest BCUT2D eigenvalue weighted by Crippen LogP contribution is 2.32. The van der Waals surface area contributed by atoms with Gasteiger partial charge in [-0.1, -0.05) is 36.4 Å². The van der Waals surface area contributed by atoms with Crippen LogP contribution in [0.3, 0.4) is 0 Å². The molecule has 1 aliphatic rings. The number of hydrogen-bond acceptors (Lipinski definition) is 3. The molecule has 3 aromatic rings. The third-order valence-corrected chi connectivity index (χ3v) is 7.10. The fraction of sp³-hybridized carbons (Fsp3) is 0.348. The van der Waals surface area contributed by atoms with E-state index >= 15 is 0 Å². The first-order valence-electron chi connectivity index (χ1n) is 10.2. The van der Waals surface area contributed by atoms with Crippen LogP contribution in [0.1, 0.15) is 36.3 Å². The predicted octanol–water partition coefficient (Wildman–Crippen LogP) is 4.04. The smallest absolute Gasteiger partial charge is 0.211 e. The highest BCUT2D eigenvalue weighted by Gasteiger charge is 2.33. The van der Waals surface area contributed by atoms with Crippen LogP contribution in [-0.4, -0.2) is 29.8 Å². The number of nitrogens with zero attached hydrogens (tertiary/aromatic N) is 2. The lowest BCUT2D eigenvalue weighted by molar-refractivity contribution is 0.361. The number of halogens is 1. The van der Waals surface area contributed by atoms with Gasteiger partial charge in [-0.05, 0) is 55.5 Å². The Bertz CT molecular complexity index is 1160. The normalized spacial score (nSPS) is 18.9. The zero-order valence-corrected chi connectivity index (χ0v) is 18.0. The number of hydrogen-bond donors (Lipinski definition) is 1. The summed E-state index contributed by atoms with van der Waals surface area (Å²) in [6.07, 6.45) is 3.39. The van der Waals surface area contributed by atoms with Gasteiger partial charge < -0.3 is 4.57 Å². The first kappa shape index (κ1) is 20.8. The molecule has 0 bridgehead atoms. The largest absolute Gasteiger partial charge is 0.334 e. The SMILES string of the molecule is CCS(=O)(=O)N[C@H]1CCn2cc(C)nc2[C@H]1Cc1cccc(-c2cccc(F)c2)c1. The van der Waals surface area contributed by atoms with Gasteiger partial charge in [-0.2, -0.15) is 0 Å². The van der Waals surface area contributed by atoms with Crippen LogP contribution in [0.5, 0.6) is 0 Å². The fourth-order valence-electron chi connectivity index (χ4n) is 4.19. The molecule has 0 fully saturated rings. The van der Waals surface area contributed by atoms with Crippen molar-refractivity contribution in [1.82, 2.24) is 14.3 Å². The third-order valence-electron chi connectivity index (χ3n) is 5.68. The molecule has 158 valence electrons. The molecule has 0 saturated carbocycles. The quantitative estimate of drug-likeness (QED) is 0.646. The molecule has 1 N–H and O–H groups in total. The van der Waals surface area contributed by atoms with Gasteiger partial charge >= 0.3 is 0 Å². The molecule has 0 unspecified atom stereocenters. The van der Waals surface area contributed by atoms with Gasteiger partial charge in [-0.15, -0.1) is 0 Å². The van der Waals surface area contributed by atoms with Crippen LogP contribution in [-0.2, 0) is 23.0 Å². The molecule has 2 aromatic carbocycles. The first-order chi connectivity index (χ1) is 14.3. The van der Waals surface area contributed by atoms with Gasteiger partial charge in [0.25, 0.3) is 0 Å². The highest BCUT2D eigenvalue weighted by molar-refractivity contribution is 7.89. The predicted molar refractivity (Wildman–Crippen MR) is 116 cm³/mol. The van der Waals surface area contributed by atoms with Crippen molar-refractivity contribution < 1.29 is 12.8 Å². The molecular weight excluding hydrogens is 401 g/mol. The topological polar surface area (TPSA) is 64.0 Å². The van der Waals surface area contributed by atoms with Crippen LogP contribution >= 0.6 is 0 Å². The second kappa shape index (κ2) is 8.32. The van der Waals surface area contributed by atoms with Crippen molar-refractivity contribution in [2.75, 3.05) is 5.75 Å². The van der Waals surface area contributed by atoms with Crippen molar-refractivity contribution in [3.8, 4) is 11.1 Å². The zero-order chi connectivity index (χ0) is 21.3. The second-order valence-corrected chi connectivity index (χ2v) is 9.91. The molecule has 0 aliphatic carbocycles. The third kappa shape index (κ3) is 4.47. The molecule has 0 amide bonds. The lowest BCUT2D eigenvalue weighted by atomic mass is 9.87. The molecule has 2 heterocycles. The number of aromatic nitrogens is 2. The average molecular weight is 428 g/mol. The zero-order valence-electron chi connectivity index (χ0n) is 17.2. The summed E-state index contributed by atoms with van der Waals surface area (Å²) < 4.78 is 43.2. The maximum Gasteiger partial charge on any atom is 0.211 e. The highest BCUT2D eigenvalue weighted by atomic mass is 32.2.